The molecule has 0 aromatic carbocycles. The molecule has 0 spiro atoms. The van der Waals surface area contributed by atoms with E-state index in [9.17, 15) is 0 Å². The van der Waals surface area contributed by atoms with Gasteiger partial charge in [0.15, 0.2) is 0 Å². The minimum Gasteiger partial charge on any atom is -0.393 e. The largest absolute Gasteiger partial charge is 0.393 e. The van der Waals surface area contributed by atoms with Crippen LogP contribution >= 0.6 is 0 Å². The highest BCUT2D eigenvalue weighted by atomic mass is 16.3. The molecule has 0 radical (unpaired) electrons. The van der Waals surface area contributed by atoms with E-state index >= 15 is 0 Å². The Hall–Kier alpha value is -0.0151. The summed E-state index contributed by atoms with van der Waals surface area (Å²) in [4.78, 5) is 0. The highest BCUT2D eigenvalue weighted by Gasteiger charge is 2.17. The maximum Gasteiger partial charge on any atom is 0.101 e. The van der Waals surface area contributed by atoms with Crippen molar-refractivity contribution < 1.29 is 10.2 Å². The number of aliphatic hydroxyl groups is 2. The molecule has 2 unspecified atom stereocenters. The fourth-order valence-corrected chi connectivity index (χ4v) is 1.09. The average Bonchev–Trinajstić information content (AvgIpc) is 1.64. The predicted octanol–water partition coefficient (Wildman–Crippen LogP) is -0.584. The minimum absolute atomic E-state index is 0.0324. The van der Waals surface area contributed by atoms with Crippen molar-refractivity contribution in [1.29, 1.82) is 0 Å². The van der Waals surface area contributed by atoms with Gasteiger partial charge in [-0.15, -0.1) is 0 Å². The third kappa shape index (κ3) is 2.87. The number of hydrogen-bond donors (Lipinski definition) is 2. The quantitative estimate of drug-likeness (QED) is 0.501. The molecule has 0 saturated heterocycles. The maximum atomic E-state index is 9.02. The normalized spacial score (nSPS) is 20.9. The second-order valence-electron chi connectivity index (χ2n) is 2.55. The molecule has 0 aromatic heterocycles. The van der Waals surface area contributed by atoms with Crippen molar-refractivity contribution in [3.05, 3.63) is 0 Å². The van der Waals surface area contributed by atoms with Gasteiger partial charge in [-0.2, -0.15) is 0 Å². The van der Waals surface area contributed by atoms with Crippen molar-refractivity contribution in [3.63, 3.8) is 0 Å². The van der Waals surface area contributed by atoms with E-state index in [1.807, 2.05) is 7.85 Å². The highest BCUT2D eigenvalue weighted by molar-refractivity contribution is 6.08. The maximum absolute atomic E-state index is 9.02. The van der Waals surface area contributed by atoms with Crippen molar-refractivity contribution in [2.75, 3.05) is 0 Å². The van der Waals surface area contributed by atoms with Crippen LogP contribution < -0.4 is 0 Å². The van der Waals surface area contributed by atoms with Gasteiger partial charge in [0.1, 0.15) is 7.85 Å². The van der Waals surface area contributed by atoms with Gasteiger partial charge >= 0.3 is 0 Å². The Bertz CT molecular complexity index is 65.5. The van der Waals surface area contributed by atoms with Crippen molar-refractivity contribution in [2.45, 2.75) is 32.4 Å². The van der Waals surface area contributed by atoms with Crippen LogP contribution in [0.25, 0.3) is 0 Å². The third-order valence-electron chi connectivity index (χ3n) is 1.71. The smallest absolute Gasteiger partial charge is 0.101 e. The zero-order chi connectivity index (χ0) is 7.44. The van der Waals surface area contributed by atoms with Gasteiger partial charge in [-0.05, 0) is 13.8 Å². The van der Waals surface area contributed by atoms with Gasteiger partial charge in [0.2, 0.25) is 0 Å². The van der Waals surface area contributed by atoms with Crippen LogP contribution in [0.4, 0.5) is 0 Å². The summed E-state index contributed by atoms with van der Waals surface area (Å²) in [6.45, 7) is 3.42. The van der Waals surface area contributed by atoms with Crippen molar-refractivity contribution in [3.8, 4) is 0 Å². The van der Waals surface area contributed by atoms with Crippen LogP contribution in [0.15, 0.2) is 0 Å². The molecular formula is C6H15BO2. The Balaban J connectivity index is 3.68. The number of aliphatic hydroxyl groups excluding tert-OH is 2. The molecule has 0 saturated carbocycles. The third-order valence-corrected chi connectivity index (χ3v) is 1.71. The lowest BCUT2D eigenvalue weighted by Crippen LogP contribution is -2.27. The van der Waals surface area contributed by atoms with Gasteiger partial charge < -0.3 is 10.2 Å². The first kappa shape index (κ1) is 8.98. The summed E-state index contributed by atoms with van der Waals surface area (Å²) in [7, 11) is 1.96. The van der Waals surface area contributed by atoms with Crippen LogP contribution in [0.5, 0.6) is 0 Å². The Morgan fingerprint density at radius 3 is 1.56 bits per heavy atom. The summed E-state index contributed by atoms with van der Waals surface area (Å²) >= 11 is 0. The Morgan fingerprint density at radius 2 is 1.56 bits per heavy atom. The Kier molecular flexibility index (Phi) is 3.90. The van der Waals surface area contributed by atoms with Crippen LogP contribution in [0.2, 0.25) is 6.32 Å². The molecular weight excluding hydrogens is 115 g/mol. The molecule has 0 bridgehead atoms. The van der Waals surface area contributed by atoms with Crippen LogP contribution in [0.3, 0.4) is 0 Å². The molecule has 0 aliphatic carbocycles. The van der Waals surface area contributed by atoms with E-state index in [2.05, 4.69) is 0 Å². The van der Waals surface area contributed by atoms with Crippen LogP contribution in [-0.2, 0) is 0 Å². The number of rotatable bonds is 3. The molecule has 0 aromatic rings. The first-order valence-corrected chi connectivity index (χ1v) is 3.45. The monoisotopic (exact) mass is 130 g/mol. The van der Waals surface area contributed by atoms with E-state index < -0.39 is 12.2 Å². The van der Waals surface area contributed by atoms with Crippen molar-refractivity contribution >= 4 is 7.85 Å². The van der Waals surface area contributed by atoms with E-state index in [1.165, 1.54) is 0 Å². The summed E-state index contributed by atoms with van der Waals surface area (Å²) in [6.07, 6.45) is 0.0417. The fraction of sp³-hybridized carbons (Fsp3) is 1.00. The summed E-state index contributed by atoms with van der Waals surface area (Å²) in [5.74, 6) is 0.0324. The van der Waals surface area contributed by atoms with Gasteiger partial charge in [0.05, 0.1) is 12.2 Å². The van der Waals surface area contributed by atoms with Crippen LogP contribution in [0, 0.1) is 5.92 Å². The lowest BCUT2D eigenvalue weighted by atomic mass is 9.84. The van der Waals surface area contributed by atoms with E-state index in [0.29, 0.717) is 0 Å². The molecule has 2 atom stereocenters. The highest BCUT2D eigenvalue weighted by Crippen LogP contribution is 2.11. The molecule has 0 aliphatic rings. The first-order chi connectivity index (χ1) is 4.09. The second-order valence-corrected chi connectivity index (χ2v) is 2.55. The van der Waals surface area contributed by atoms with Gasteiger partial charge in [-0.1, -0.05) is 6.32 Å². The second kappa shape index (κ2) is 3.91. The molecule has 0 fully saturated rings. The van der Waals surface area contributed by atoms with Gasteiger partial charge in [-0.3, -0.25) is 0 Å². The SMILES string of the molecule is BCC(C(C)O)C(C)O. The molecule has 2 nitrogen and oxygen atoms in total. The standard InChI is InChI=1S/C6H15BO2/c1-4(8)6(3-7)5(2)9/h4-6,8-9H,3,7H2,1-2H3. The lowest BCUT2D eigenvalue weighted by Gasteiger charge is -2.20. The zero-order valence-electron chi connectivity index (χ0n) is 6.33. The number of hydrogen-bond acceptors (Lipinski definition) is 2. The lowest BCUT2D eigenvalue weighted by molar-refractivity contribution is 0.0425. The summed E-state index contributed by atoms with van der Waals surface area (Å²) in [6, 6.07) is 0. The average molecular weight is 130 g/mol. The van der Waals surface area contributed by atoms with Gasteiger partial charge in [0.25, 0.3) is 0 Å². The zero-order valence-corrected chi connectivity index (χ0v) is 6.33. The predicted molar refractivity (Wildman–Crippen MR) is 40.2 cm³/mol. The minimum atomic E-state index is -0.394. The molecule has 0 amide bonds. The van der Waals surface area contributed by atoms with E-state index in [-0.39, 0.29) is 5.92 Å². The topological polar surface area (TPSA) is 40.5 Å². The molecule has 2 N–H and O–H groups in total. The van der Waals surface area contributed by atoms with E-state index in [0.717, 1.165) is 6.32 Å². The first-order valence-electron chi connectivity index (χ1n) is 3.45. The molecule has 0 heterocycles. The Labute approximate surface area is 57.3 Å². The summed E-state index contributed by atoms with van der Waals surface area (Å²) in [5, 5.41) is 18.0. The molecule has 54 valence electrons. The molecule has 3 heteroatoms. The van der Waals surface area contributed by atoms with Gasteiger partial charge in [-0.25, -0.2) is 0 Å². The van der Waals surface area contributed by atoms with E-state index in [1.54, 1.807) is 13.8 Å². The van der Waals surface area contributed by atoms with Crippen LogP contribution in [-0.4, -0.2) is 30.3 Å². The van der Waals surface area contributed by atoms with Gasteiger partial charge in [0, 0.05) is 5.92 Å². The summed E-state index contributed by atoms with van der Waals surface area (Å²) in [5.41, 5.74) is 0. The summed E-state index contributed by atoms with van der Waals surface area (Å²) < 4.78 is 0. The molecule has 0 rings (SSSR count). The van der Waals surface area contributed by atoms with E-state index in [4.69, 9.17) is 10.2 Å². The fourth-order valence-electron chi connectivity index (χ4n) is 1.09. The molecule has 0 aliphatic heterocycles. The van der Waals surface area contributed by atoms with Crippen molar-refractivity contribution in [2.24, 2.45) is 5.92 Å². The van der Waals surface area contributed by atoms with Crippen LogP contribution in [0.1, 0.15) is 13.8 Å². The molecule has 9 heavy (non-hydrogen) atoms. The van der Waals surface area contributed by atoms with Crippen molar-refractivity contribution in [1.82, 2.24) is 0 Å². The Morgan fingerprint density at radius 1 is 1.22 bits per heavy atom.